The van der Waals surface area contributed by atoms with Crippen molar-refractivity contribution < 1.29 is 28.9 Å². The topological polar surface area (TPSA) is 106 Å². The van der Waals surface area contributed by atoms with Crippen LogP contribution >= 0.6 is 15.9 Å². The average molecular weight is 527 g/mol. The zero-order chi connectivity index (χ0) is 24.6. The molecule has 0 saturated carbocycles. The molecular weight excluding hydrogens is 504 g/mol. The van der Waals surface area contributed by atoms with E-state index in [0.29, 0.717) is 32.7 Å². The smallest absolute Gasteiger partial charge is 0.343 e. The standard InChI is InChI=1S/C25H23BrN2O6/c1-32-21-14-17(13-20(26)23(21)34-16-22(29)33-2)15-27-28-24(30)25(31,18-9-5-3-6-10-18)19-11-7-4-8-12-19/h3-15,31H,16H2,1-2H3,(H,28,30)/b27-15-. The van der Waals surface area contributed by atoms with Crippen molar-refractivity contribution in [1.82, 2.24) is 5.43 Å². The second kappa shape index (κ2) is 11.4. The van der Waals surface area contributed by atoms with Gasteiger partial charge in [-0.25, -0.2) is 10.2 Å². The third-order valence-corrected chi connectivity index (χ3v) is 5.49. The number of hydrazone groups is 1. The van der Waals surface area contributed by atoms with Gasteiger partial charge in [-0.3, -0.25) is 4.79 Å². The summed E-state index contributed by atoms with van der Waals surface area (Å²) in [5.41, 5.74) is 1.86. The Kier molecular flexibility index (Phi) is 8.39. The maximum Gasteiger partial charge on any atom is 0.343 e. The number of amides is 1. The van der Waals surface area contributed by atoms with Crippen molar-refractivity contribution >= 4 is 34.0 Å². The van der Waals surface area contributed by atoms with Crippen LogP contribution in [0.15, 0.2) is 82.4 Å². The molecule has 1 amide bonds. The molecule has 2 N–H and O–H groups in total. The van der Waals surface area contributed by atoms with E-state index in [1.165, 1.54) is 20.4 Å². The number of aliphatic hydroxyl groups is 1. The van der Waals surface area contributed by atoms with Gasteiger partial charge in [0.2, 0.25) is 0 Å². The average Bonchev–Trinajstić information content (AvgIpc) is 2.87. The summed E-state index contributed by atoms with van der Waals surface area (Å²) < 4.78 is 15.9. The Hall–Kier alpha value is -3.69. The zero-order valence-electron chi connectivity index (χ0n) is 18.5. The number of rotatable bonds is 9. The minimum atomic E-state index is -1.94. The Morgan fingerprint density at radius 2 is 1.62 bits per heavy atom. The molecule has 9 heteroatoms. The summed E-state index contributed by atoms with van der Waals surface area (Å²) in [6, 6.07) is 20.6. The fraction of sp³-hybridized carbons (Fsp3) is 0.160. The number of hydrogen-bond acceptors (Lipinski definition) is 7. The maximum atomic E-state index is 13.1. The van der Waals surface area contributed by atoms with Gasteiger partial charge >= 0.3 is 5.97 Å². The van der Waals surface area contributed by atoms with E-state index in [1.807, 2.05) is 0 Å². The second-order valence-corrected chi connectivity index (χ2v) is 7.89. The summed E-state index contributed by atoms with van der Waals surface area (Å²) in [6.07, 6.45) is 1.39. The first kappa shape index (κ1) is 24.9. The molecule has 0 fully saturated rings. The predicted molar refractivity (Wildman–Crippen MR) is 130 cm³/mol. The van der Waals surface area contributed by atoms with Gasteiger partial charge in [-0.2, -0.15) is 5.10 Å². The van der Waals surface area contributed by atoms with Gasteiger partial charge in [-0.15, -0.1) is 0 Å². The SMILES string of the molecule is COC(=O)COc1c(Br)cc(/C=N\NC(=O)C(O)(c2ccccc2)c2ccccc2)cc1OC. The highest BCUT2D eigenvalue weighted by Crippen LogP contribution is 2.36. The van der Waals surface area contributed by atoms with Gasteiger partial charge < -0.3 is 19.3 Å². The highest BCUT2D eigenvalue weighted by molar-refractivity contribution is 9.10. The van der Waals surface area contributed by atoms with Crippen LogP contribution in [0, 0.1) is 0 Å². The number of nitrogens with zero attached hydrogens (tertiary/aromatic N) is 1. The Bertz CT molecular complexity index is 1130. The minimum absolute atomic E-state index is 0.285. The van der Waals surface area contributed by atoms with Crippen LogP contribution in [-0.4, -0.2) is 44.0 Å². The van der Waals surface area contributed by atoms with Crippen molar-refractivity contribution in [2.75, 3.05) is 20.8 Å². The monoisotopic (exact) mass is 526 g/mol. The number of hydrogen-bond donors (Lipinski definition) is 2. The van der Waals surface area contributed by atoms with E-state index in [2.05, 4.69) is 31.2 Å². The van der Waals surface area contributed by atoms with Crippen LogP contribution in [0.25, 0.3) is 0 Å². The van der Waals surface area contributed by atoms with Gasteiger partial charge in [0, 0.05) is 0 Å². The molecule has 0 unspecified atom stereocenters. The summed E-state index contributed by atoms with van der Waals surface area (Å²) in [5, 5.41) is 15.5. The first-order chi connectivity index (χ1) is 16.4. The Balaban J connectivity index is 1.82. The van der Waals surface area contributed by atoms with Crippen LogP contribution in [0.3, 0.4) is 0 Å². The van der Waals surface area contributed by atoms with Gasteiger partial charge in [0.05, 0.1) is 24.9 Å². The number of ether oxygens (including phenoxy) is 3. The van der Waals surface area contributed by atoms with Gasteiger partial charge in [-0.1, -0.05) is 60.7 Å². The highest BCUT2D eigenvalue weighted by Gasteiger charge is 2.39. The summed E-state index contributed by atoms with van der Waals surface area (Å²) in [7, 11) is 2.72. The molecule has 8 nitrogen and oxygen atoms in total. The minimum Gasteiger partial charge on any atom is -0.493 e. The quantitative estimate of drug-likeness (QED) is 0.251. The lowest BCUT2D eigenvalue weighted by molar-refractivity contribution is -0.143. The van der Waals surface area contributed by atoms with E-state index in [-0.39, 0.29) is 6.61 Å². The van der Waals surface area contributed by atoms with Crippen molar-refractivity contribution in [2.24, 2.45) is 5.10 Å². The molecular formula is C25H23BrN2O6. The molecule has 34 heavy (non-hydrogen) atoms. The van der Waals surface area contributed by atoms with Gasteiger partial charge in [0.25, 0.3) is 5.91 Å². The molecule has 0 radical (unpaired) electrons. The lowest BCUT2D eigenvalue weighted by atomic mass is 9.85. The predicted octanol–water partition coefficient (Wildman–Crippen LogP) is 3.40. The highest BCUT2D eigenvalue weighted by atomic mass is 79.9. The number of carbonyl (C=O) groups is 2. The van der Waals surface area contributed by atoms with Crippen LogP contribution in [0.2, 0.25) is 0 Å². The molecule has 3 rings (SSSR count). The fourth-order valence-electron chi connectivity index (χ4n) is 3.18. The van der Waals surface area contributed by atoms with Crippen LogP contribution < -0.4 is 14.9 Å². The number of esters is 1. The molecule has 0 atom stereocenters. The van der Waals surface area contributed by atoms with Crippen LogP contribution in [-0.2, 0) is 19.9 Å². The summed E-state index contributed by atoms with van der Waals surface area (Å²) in [6.45, 7) is -0.285. The van der Waals surface area contributed by atoms with E-state index >= 15 is 0 Å². The summed E-state index contributed by atoms with van der Waals surface area (Å²) >= 11 is 3.38. The summed E-state index contributed by atoms with van der Waals surface area (Å²) in [4.78, 5) is 24.5. The van der Waals surface area contributed by atoms with E-state index in [9.17, 15) is 14.7 Å². The van der Waals surface area contributed by atoms with Crippen molar-refractivity contribution in [3.05, 3.63) is 94.0 Å². The molecule has 0 heterocycles. The van der Waals surface area contributed by atoms with Crippen molar-refractivity contribution in [3.8, 4) is 11.5 Å². The van der Waals surface area contributed by atoms with Crippen LogP contribution in [0.4, 0.5) is 0 Å². The molecule has 176 valence electrons. The third kappa shape index (κ3) is 5.62. The number of halogens is 1. The van der Waals surface area contributed by atoms with Crippen molar-refractivity contribution in [3.63, 3.8) is 0 Å². The lowest BCUT2D eigenvalue weighted by Crippen LogP contribution is -2.43. The van der Waals surface area contributed by atoms with Gasteiger partial charge in [0.15, 0.2) is 23.7 Å². The zero-order valence-corrected chi connectivity index (χ0v) is 20.1. The molecule has 0 aliphatic rings. The lowest BCUT2D eigenvalue weighted by Gasteiger charge is -2.27. The molecule has 0 saturated heterocycles. The number of carbonyl (C=O) groups excluding carboxylic acids is 2. The van der Waals surface area contributed by atoms with Crippen LogP contribution in [0.5, 0.6) is 11.5 Å². The first-order valence-corrected chi connectivity index (χ1v) is 10.9. The Morgan fingerprint density at radius 1 is 1.03 bits per heavy atom. The maximum absolute atomic E-state index is 13.1. The van der Waals surface area contributed by atoms with E-state index in [0.717, 1.165) is 0 Å². The number of benzene rings is 3. The van der Waals surface area contributed by atoms with Crippen molar-refractivity contribution in [1.29, 1.82) is 0 Å². The molecule has 0 aliphatic carbocycles. The Morgan fingerprint density at radius 3 is 2.15 bits per heavy atom. The second-order valence-electron chi connectivity index (χ2n) is 7.04. The molecule has 0 bridgehead atoms. The van der Waals surface area contributed by atoms with E-state index < -0.39 is 17.5 Å². The van der Waals surface area contributed by atoms with E-state index in [4.69, 9.17) is 9.47 Å². The number of methoxy groups -OCH3 is 2. The van der Waals surface area contributed by atoms with Gasteiger partial charge in [0.1, 0.15) is 0 Å². The number of nitrogens with one attached hydrogen (secondary N) is 1. The Labute approximate surface area is 205 Å². The normalized spacial score (nSPS) is 11.2. The molecule has 3 aromatic rings. The molecule has 0 aromatic heterocycles. The molecule has 0 spiro atoms. The van der Waals surface area contributed by atoms with Crippen LogP contribution in [0.1, 0.15) is 16.7 Å². The van der Waals surface area contributed by atoms with E-state index in [1.54, 1.807) is 72.8 Å². The largest absolute Gasteiger partial charge is 0.493 e. The van der Waals surface area contributed by atoms with Gasteiger partial charge in [-0.05, 0) is 44.8 Å². The summed E-state index contributed by atoms with van der Waals surface area (Å²) in [5.74, 6) is -0.593. The fourth-order valence-corrected chi connectivity index (χ4v) is 3.75. The third-order valence-electron chi connectivity index (χ3n) is 4.91. The molecule has 0 aliphatic heterocycles. The van der Waals surface area contributed by atoms with Crippen molar-refractivity contribution in [2.45, 2.75) is 5.60 Å². The first-order valence-electron chi connectivity index (χ1n) is 10.1. The molecule has 3 aromatic carbocycles.